The Morgan fingerprint density at radius 1 is 1.38 bits per heavy atom. The van der Waals surface area contributed by atoms with Gasteiger partial charge in [0.25, 0.3) is 0 Å². The number of thioether (sulfide) groups is 1. The Labute approximate surface area is 169 Å². The Bertz CT molecular complexity index is 996. The predicted molar refractivity (Wildman–Crippen MR) is 109 cm³/mol. The molecule has 0 radical (unpaired) electrons. The number of phenols is 1. The first-order valence-electron chi connectivity index (χ1n) is 8.46. The zero-order chi connectivity index (χ0) is 20.8. The molecule has 10 heteroatoms. The number of amides is 2. The van der Waals surface area contributed by atoms with Crippen molar-refractivity contribution in [1.82, 2.24) is 5.32 Å². The fourth-order valence-corrected chi connectivity index (χ4v) is 3.37. The highest BCUT2D eigenvalue weighted by molar-refractivity contribution is 8.15. The van der Waals surface area contributed by atoms with Gasteiger partial charge >= 0.3 is 0 Å². The average Bonchev–Trinajstić information content (AvgIpc) is 3.04. The number of amidine groups is 1. The van der Waals surface area contributed by atoms with Crippen molar-refractivity contribution in [1.29, 1.82) is 0 Å². The molecule has 1 aliphatic heterocycles. The van der Waals surface area contributed by atoms with Gasteiger partial charge in [-0.15, -0.1) is 5.10 Å². The Morgan fingerprint density at radius 3 is 2.93 bits per heavy atom. The third-order valence-corrected chi connectivity index (χ3v) is 4.93. The molecule has 150 valence electrons. The number of nitrogens with zero attached hydrogens (tertiary/aromatic N) is 2. The number of carbonyl (C=O) groups excluding carboxylic acids is 2. The van der Waals surface area contributed by atoms with Crippen LogP contribution >= 0.6 is 11.8 Å². The van der Waals surface area contributed by atoms with Crippen molar-refractivity contribution in [3.05, 3.63) is 53.8 Å². The van der Waals surface area contributed by atoms with Crippen molar-refractivity contribution in [2.24, 2.45) is 10.2 Å². The minimum absolute atomic E-state index is 0.00563. The summed E-state index contributed by atoms with van der Waals surface area (Å²) >= 11 is 1.06. The van der Waals surface area contributed by atoms with E-state index in [4.69, 9.17) is 4.74 Å². The molecule has 0 aromatic heterocycles. The molecule has 1 aliphatic rings. The Morgan fingerprint density at radius 2 is 2.17 bits per heavy atom. The number of methoxy groups -OCH3 is 1. The summed E-state index contributed by atoms with van der Waals surface area (Å²) < 4.78 is 18.6. The maximum atomic E-state index is 13.6. The molecule has 3 rings (SSSR count). The molecule has 1 saturated heterocycles. The van der Waals surface area contributed by atoms with Gasteiger partial charge in [0, 0.05) is 6.42 Å². The molecule has 0 bridgehead atoms. The smallest absolute Gasteiger partial charge is 0.240 e. The van der Waals surface area contributed by atoms with Gasteiger partial charge in [0.05, 0.1) is 19.0 Å². The van der Waals surface area contributed by atoms with Crippen LogP contribution in [0.3, 0.4) is 0 Å². The fraction of sp³-hybridized carbons (Fsp3) is 0.158. The van der Waals surface area contributed by atoms with Crippen LogP contribution in [-0.2, 0) is 9.59 Å². The monoisotopic (exact) mass is 416 g/mol. The first-order chi connectivity index (χ1) is 14.0. The first kappa shape index (κ1) is 20.3. The van der Waals surface area contributed by atoms with Crippen LogP contribution in [0.2, 0.25) is 0 Å². The molecule has 0 saturated carbocycles. The normalized spacial score (nSPS) is 17.5. The van der Waals surface area contributed by atoms with Gasteiger partial charge in [-0.2, -0.15) is 5.10 Å². The predicted octanol–water partition coefficient (Wildman–Crippen LogP) is 2.49. The minimum atomic E-state index is -0.690. The van der Waals surface area contributed by atoms with Gasteiger partial charge < -0.3 is 20.5 Å². The summed E-state index contributed by atoms with van der Waals surface area (Å²) in [4.78, 5) is 24.1. The summed E-state index contributed by atoms with van der Waals surface area (Å²) in [6, 6.07) is 10.5. The maximum Gasteiger partial charge on any atom is 0.240 e. The second-order valence-corrected chi connectivity index (χ2v) is 7.10. The largest absolute Gasteiger partial charge is 0.504 e. The van der Waals surface area contributed by atoms with Crippen molar-refractivity contribution in [2.45, 2.75) is 11.7 Å². The Balaban J connectivity index is 1.58. The second-order valence-electron chi connectivity index (χ2n) is 5.91. The highest BCUT2D eigenvalue weighted by Gasteiger charge is 2.32. The molecular formula is C19H17FN4O4S. The van der Waals surface area contributed by atoms with Gasteiger partial charge in [0.2, 0.25) is 11.8 Å². The van der Waals surface area contributed by atoms with Gasteiger partial charge in [-0.1, -0.05) is 23.9 Å². The Kier molecular flexibility index (Phi) is 6.45. The van der Waals surface area contributed by atoms with E-state index in [1.54, 1.807) is 18.2 Å². The number of para-hydroxylation sites is 1. The second kappa shape index (κ2) is 9.20. The minimum Gasteiger partial charge on any atom is -0.504 e. The number of rotatable bonds is 6. The zero-order valence-electron chi connectivity index (χ0n) is 15.3. The van der Waals surface area contributed by atoms with Crippen LogP contribution < -0.4 is 15.4 Å². The van der Waals surface area contributed by atoms with Crippen molar-refractivity contribution in [3.63, 3.8) is 0 Å². The van der Waals surface area contributed by atoms with E-state index in [-0.39, 0.29) is 28.9 Å². The van der Waals surface area contributed by atoms with E-state index in [0.29, 0.717) is 11.3 Å². The lowest BCUT2D eigenvalue weighted by atomic mass is 10.2. The van der Waals surface area contributed by atoms with Crippen LogP contribution in [0.1, 0.15) is 12.0 Å². The molecule has 1 heterocycles. The van der Waals surface area contributed by atoms with Gasteiger partial charge in [-0.3, -0.25) is 9.59 Å². The van der Waals surface area contributed by atoms with Gasteiger partial charge in [-0.25, -0.2) is 4.39 Å². The van der Waals surface area contributed by atoms with E-state index in [2.05, 4.69) is 20.8 Å². The summed E-state index contributed by atoms with van der Waals surface area (Å²) in [5.41, 5.74) is 0.697. The van der Waals surface area contributed by atoms with Crippen molar-refractivity contribution in [2.75, 3.05) is 12.4 Å². The summed E-state index contributed by atoms with van der Waals surface area (Å²) in [6.45, 7) is 0. The molecule has 2 aromatic rings. The molecule has 2 amide bonds. The van der Waals surface area contributed by atoms with Crippen molar-refractivity contribution >= 4 is 40.6 Å². The van der Waals surface area contributed by atoms with E-state index in [0.717, 1.165) is 11.8 Å². The van der Waals surface area contributed by atoms with E-state index < -0.39 is 17.0 Å². The number of benzene rings is 2. The lowest BCUT2D eigenvalue weighted by Gasteiger charge is -2.07. The zero-order valence-corrected chi connectivity index (χ0v) is 16.1. The SMILES string of the molecule is COc1cc(/C=N/N=C2/NC(=O)[C@@H](CC(=O)Nc3ccccc3F)S2)ccc1O. The molecule has 1 fully saturated rings. The van der Waals surface area contributed by atoms with Crippen LogP contribution in [0.5, 0.6) is 11.5 Å². The number of nitrogens with one attached hydrogen (secondary N) is 2. The van der Waals surface area contributed by atoms with Gasteiger partial charge in [0.15, 0.2) is 16.7 Å². The molecule has 0 spiro atoms. The molecule has 0 aliphatic carbocycles. The fourth-order valence-electron chi connectivity index (χ4n) is 2.44. The third-order valence-electron chi connectivity index (χ3n) is 3.85. The summed E-state index contributed by atoms with van der Waals surface area (Å²) in [7, 11) is 1.43. The number of hydrogen-bond donors (Lipinski definition) is 3. The standard InChI is InChI=1S/C19H17FN4O4S/c1-28-15-8-11(6-7-14(15)25)10-21-24-19-23-18(27)16(29-19)9-17(26)22-13-5-3-2-4-12(13)20/h2-8,10,16,25H,9H2,1H3,(H,22,26)(H,23,24,27)/b21-10+/t16-/m1/s1. The number of aromatic hydroxyl groups is 1. The highest BCUT2D eigenvalue weighted by Crippen LogP contribution is 2.26. The number of halogens is 1. The van der Waals surface area contributed by atoms with E-state index in [1.165, 1.54) is 37.6 Å². The van der Waals surface area contributed by atoms with Crippen LogP contribution in [-0.4, -0.2) is 40.7 Å². The lowest BCUT2D eigenvalue weighted by molar-refractivity contribution is -0.122. The lowest BCUT2D eigenvalue weighted by Crippen LogP contribution is -2.28. The molecule has 29 heavy (non-hydrogen) atoms. The number of ether oxygens (including phenoxy) is 1. The van der Waals surface area contributed by atoms with Crippen molar-refractivity contribution < 1.29 is 23.8 Å². The van der Waals surface area contributed by atoms with E-state index in [1.807, 2.05) is 0 Å². The summed E-state index contributed by atoms with van der Waals surface area (Å²) in [6.07, 6.45) is 1.29. The maximum absolute atomic E-state index is 13.6. The number of anilines is 1. The average molecular weight is 416 g/mol. The molecule has 2 aromatic carbocycles. The number of hydrogen-bond acceptors (Lipinski definition) is 7. The molecule has 0 unspecified atom stereocenters. The number of phenolic OH excluding ortho intramolecular Hbond substituents is 1. The third kappa shape index (κ3) is 5.32. The number of carbonyl (C=O) groups is 2. The van der Waals surface area contributed by atoms with E-state index >= 15 is 0 Å². The first-order valence-corrected chi connectivity index (χ1v) is 9.34. The quantitative estimate of drug-likeness (QED) is 0.495. The molecular weight excluding hydrogens is 399 g/mol. The molecule has 3 N–H and O–H groups in total. The topological polar surface area (TPSA) is 112 Å². The van der Waals surface area contributed by atoms with E-state index in [9.17, 15) is 19.1 Å². The van der Waals surface area contributed by atoms with Crippen molar-refractivity contribution in [3.8, 4) is 11.5 Å². The molecule has 1 atom stereocenters. The molecule has 8 nitrogen and oxygen atoms in total. The van der Waals surface area contributed by atoms with Crippen LogP contribution in [0, 0.1) is 5.82 Å². The van der Waals surface area contributed by atoms with Crippen LogP contribution in [0.15, 0.2) is 52.7 Å². The van der Waals surface area contributed by atoms with Gasteiger partial charge in [-0.05, 0) is 35.9 Å². The van der Waals surface area contributed by atoms with Crippen LogP contribution in [0.25, 0.3) is 0 Å². The highest BCUT2D eigenvalue weighted by atomic mass is 32.2. The summed E-state index contributed by atoms with van der Waals surface area (Å²) in [5.74, 6) is -1.10. The van der Waals surface area contributed by atoms with Gasteiger partial charge in [0.1, 0.15) is 11.1 Å². The van der Waals surface area contributed by atoms with Crippen LogP contribution in [0.4, 0.5) is 10.1 Å². The summed E-state index contributed by atoms with van der Waals surface area (Å²) in [5, 5.41) is 21.9. The Hall–Kier alpha value is -3.40.